The summed E-state index contributed by atoms with van der Waals surface area (Å²) in [6, 6.07) is 6.17. The van der Waals surface area contributed by atoms with E-state index in [-0.39, 0.29) is 22.3 Å². The number of benzene rings is 1. The van der Waals surface area contributed by atoms with Crippen molar-refractivity contribution in [2.24, 2.45) is 5.41 Å². The first kappa shape index (κ1) is 17.6. The lowest BCUT2D eigenvalue weighted by atomic mass is 9.74. The van der Waals surface area contributed by atoms with Gasteiger partial charge in [-0.25, -0.2) is 0 Å². The average Bonchev–Trinajstić information content (AvgIpc) is 2.53. The van der Waals surface area contributed by atoms with Crippen molar-refractivity contribution in [3.63, 3.8) is 0 Å². The largest absolute Gasteiger partial charge is 0.853 e. The summed E-state index contributed by atoms with van der Waals surface area (Å²) in [5.41, 5.74) is 3.70. The molecule has 1 aromatic carbocycles. The second-order valence-electron chi connectivity index (χ2n) is 9.23. The molecule has 0 bridgehead atoms. The van der Waals surface area contributed by atoms with Crippen LogP contribution < -0.4 is 10.5 Å². The van der Waals surface area contributed by atoms with E-state index in [0.29, 0.717) is 0 Å². The summed E-state index contributed by atoms with van der Waals surface area (Å²) in [4.78, 5) is 0. The van der Waals surface area contributed by atoms with Crippen LogP contribution in [0.3, 0.4) is 0 Å². The topological polar surface area (TPSA) is 32.3 Å². The second kappa shape index (κ2) is 5.38. The van der Waals surface area contributed by atoms with Gasteiger partial charge in [0.2, 0.25) is 7.12 Å². The number of rotatable bonds is 3. The molecule has 1 aromatic rings. The van der Waals surface area contributed by atoms with E-state index in [1.807, 2.05) is 13.0 Å². The number of hydrogen-bond acceptors (Lipinski definition) is 2. The third-order valence-corrected chi connectivity index (χ3v) is 5.21. The molecule has 0 spiro atoms. The van der Waals surface area contributed by atoms with Gasteiger partial charge in [0, 0.05) is 6.10 Å². The van der Waals surface area contributed by atoms with Crippen LogP contribution in [-0.4, -0.2) is 13.2 Å². The number of hydrogen-bond donors (Lipinski definition) is 0. The first-order chi connectivity index (χ1) is 9.84. The molecule has 0 aromatic heterocycles. The van der Waals surface area contributed by atoms with Crippen LogP contribution >= 0.6 is 0 Å². The molecule has 0 N–H and O–H groups in total. The third-order valence-electron chi connectivity index (χ3n) is 5.21. The minimum absolute atomic E-state index is 0.0271. The van der Waals surface area contributed by atoms with Crippen LogP contribution in [-0.2, 0) is 15.5 Å². The molecule has 1 aliphatic carbocycles. The highest BCUT2D eigenvalue weighted by Gasteiger charge is 2.41. The van der Waals surface area contributed by atoms with Gasteiger partial charge in [0.25, 0.3) is 0 Å². The lowest BCUT2D eigenvalue weighted by molar-refractivity contribution is -0.224. The Labute approximate surface area is 136 Å². The monoisotopic (exact) mass is 301 g/mol. The molecule has 0 fully saturated rings. The Bertz CT molecular complexity index is 555. The molecule has 0 saturated carbocycles. The molecule has 1 aliphatic rings. The summed E-state index contributed by atoms with van der Waals surface area (Å²) >= 11 is 0. The summed E-state index contributed by atoms with van der Waals surface area (Å²) in [7, 11) is -1.11. The summed E-state index contributed by atoms with van der Waals surface area (Å²) in [6.45, 7) is 17.4. The van der Waals surface area contributed by atoms with Crippen molar-refractivity contribution in [1.29, 1.82) is 0 Å². The maximum Gasteiger partial charge on any atom is 0.217 e. The van der Waals surface area contributed by atoms with Gasteiger partial charge in [-0.15, -0.1) is 0 Å². The molecule has 0 aliphatic heterocycles. The maximum atomic E-state index is 12.5. The van der Waals surface area contributed by atoms with Gasteiger partial charge in [0.05, 0.1) is 0 Å². The molecule has 2 rings (SSSR count). The van der Waals surface area contributed by atoms with Crippen molar-refractivity contribution >= 4 is 12.6 Å². The van der Waals surface area contributed by atoms with Crippen LogP contribution in [0.15, 0.2) is 18.2 Å². The molecule has 1 atom stereocenters. The molecular formula is C19H30BO2-. The van der Waals surface area contributed by atoms with Gasteiger partial charge in [-0.2, -0.15) is 0 Å². The van der Waals surface area contributed by atoms with Crippen molar-refractivity contribution in [3.8, 4) is 0 Å². The predicted molar refractivity (Wildman–Crippen MR) is 92.5 cm³/mol. The Kier molecular flexibility index (Phi) is 4.30. The predicted octanol–water partition coefficient (Wildman–Crippen LogP) is 3.15. The first-order valence-corrected chi connectivity index (χ1v) is 8.31. The lowest BCUT2D eigenvalue weighted by Gasteiger charge is -2.34. The lowest BCUT2D eigenvalue weighted by Crippen LogP contribution is -2.50. The first-order valence-electron chi connectivity index (χ1n) is 8.31. The van der Waals surface area contributed by atoms with Crippen molar-refractivity contribution in [3.05, 3.63) is 29.3 Å². The quantitative estimate of drug-likeness (QED) is 0.803. The molecule has 3 heteroatoms. The van der Waals surface area contributed by atoms with E-state index >= 15 is 0 Å². The van der Waals surface area contributed by atoms with E-state index < -0.39 is 7.12 Å². The highest BCUT2D eigenvalue weighted by Crippen LogP contribution is 2.48. The second-order valence-corrected chi connectivity index (χ2v) is 9.23. The normalized spacial score (nSPS) is 20.6. The van der Waals surface area contributed by atoms with E-state index in [9.17, 15) is 5.02 Å². The zero-order chi connectivity index (χ0) is 16.9. The summed E-state index contributed by atoms with van der Waals surface area (Å²) < 4.78 is 5.73. The molecule has 0 radical (unpaired) electrons. The van der Waals surface area contributed by atoms with Crippen molar-refractivity contribution in [2.75, 3.05) is 0 Å². The van der Waals surface area contributed by atoms with Crippen LogP contribution in [0.1, 0.15) is 72.9 Å². The van der Waals surface area contributed by atoms with Gasteiger partial charge in [-0.3, -0.25) is 0 Å². The van der Waals surface area contributed by atoms with Crippen molar-refractivity contribution in [2.45, 2.75) is 78.7 Å². The van der Waals surface area contributed by atoms with E-state index in [1.165, 1.54) is 11.1 Å². The van der Waals surface area contributed by atoms with E-state index in [1.54, 1.807) is 0 Å². The molecule has 122 valence electrons. The fourth-order valence-electron chi connectivity index (χ4n) is 3.62. The summed E-state index contributed by atoms with van der Waals surface area (Å²) in [5.74, 6) is 0. The molecule has 1 unspecified atom stereocenters. The van der Waals surface area contributed by atoms with Crippen LogP contribution in [0.4, 0.5) is 0 Å². The molecule has 2 nitrogen and oxygen atoms in total. The minimum atomic E-state index is -1.11. The zero-order valence-corrected chi connectivity index (χ0v) is 15.4. The minimum Gasteiger partial charge on any atom is -0.853 e. The van der Waals surface area contributed by atoms with E-state index in [0.717, 1.165) is 11.9 Å². The molecule has 0 amide bonds. The average molecular weight is 301 g/mol. The summed E-state index contributed by atoms with van der Waals surface area (Å²) in [6.07, 6.45) is 1.04. The fourth-order valence-corrected chi connectivity index (χ4v) is 3.62. The van der Waals surface area contributed by atoms with Gasteiger partial charge in [0.1, 0.15) is 0 Å². The van der Waals surface area contributed by atoms with Gasteiger partial charge in [-0.1, -0.05) is 72.1 Å². The van der Waals surface area contributed by atoms with Gasteiger partial charge >= 0.3 is 0 Å². The molecule has 22 heavy (non-hydrogen) atoms. The maximum absolute atomic E-state index is 12.5. The fraction of sp³-hybridized carbons (Fsp3) is 0.684. The zero-order valence-electron chi connectivity index (χ0n) is 15.4. The Morgan fingerprint density at radius 3 is 2.18 bits per heavy atom. The molecular weight excluding hydrogens is 271 g/mol. The third kappa shape index (κ3) is 3.26. The molecule has 0 saturated heterocycles. The van der Waals surface area contributed by atoms with Gasteiger partial charge < -0.3 is 9.68 Å². The van der Waals surface area contributed by atoms with Crippen LogP contribution in [0, 0.1) is 5.41 Å². The van der Waals surface area contributed by atoms with E-state index in [2.05, 4.69) is 60.6 Å². The Morgan fingerprint density at radius 1 is 1.09 bits per heavy atom. The Morgan fingerprint density at radius 2 is 1.64 bits per heavy atom. The Balaban J connectivity index is 2.29. The summed E-state index contributed by atoms with van der Waals surface area (Å²) in [5, 5.41) is 12.5. The van der Waals surface area contributed by atoms with Crippen LogP contribution in [0.5, 0.6) is 0 Å². The van der Waals surface area contributed by atoms with E-state index in [4.69, 9.17) is 4.65 Å². The smallest absolute Gasteiger partial charge is 0.217 e. The SMILES string of the molecule is CC(OB([O-])c1ccc2c(c1)C(C)(C)CC2(C)C)C(C)(C)C. The van der Waals surface area contributed by atoms with Gasteiger partial charge in [-0.05, 0) is 40.7 Å². The van der Waals surface area contributed by atoms with Crippen molar-refractivity contribution < 1.29 is 9.68 Å². The standard InChI is InChI=1S/C19H30BO2/c1-13(17(2,3)4)22-20(21)14-9-10-15-16(11-14)19(7,8)12-18(15,5)6/h9-11,13H,12H2,1-8H3/q-1. The highest BCUT2D eigenvalue weighted by molar-refractivity contribution is 6.58. The molecule has 0 heterocycles. The number of fused-ring (bicyclic) bond motifs is 1. The van der Waals surface area contributed by atoms with Crippen molar-refractivity contribution in [1.82, 2.24) is 0 Å². The Hall–Kier alpha value is -0.795. The van der Waals surface area contributed by atoms with Crippen LogP contribution in [0.2, 0.25) is 0 Å². The van der Waals surface area contributed by atoms with Crippen LogP contribution in [0.25, 0.3) is 0 Å². The highest BCUT2D eigenvalue weighted by atomic mass is 16.5. The van der Waals surface area contributed by atoms with Gasteiger partial charge in [0.15, 0.2) is 0 Å².